The Bertz CT molecular complexity index is 1540. The summed E-state index contributed by atoms with van der Waals surface area (Å²) in [6, 6.07) is 54.4. The highest BCUT2D eigenvalue weighted by atomic mass is 31.1. The zero-order valence-electron chi connectivity index (χ0n) is 26.3. The molecule has 7 rings (SSSR count). The highest BCUT2D eigenvalue weighted by Crippen LogP contribution is 2.57. The number of hydrogen-bond donors (Lipinski definition) is 0. The maximum Gasteiger partial charge on any atom is 0.0878 e. The lowest BCUT2D eigenvalue weighted by molar-refractivity contribution is 0.111. The van der Waals surface area contributed by atoms with Crippen LogP contribution in [0, 0.1) is 17.8 Å². The van der Waals surface area contributed by atoms with Crippen molar-refractivity contribution in [3.63, 3.8) is 0 Å². The van der Waals surface area contributed by atoms with E-state index in [2.05, 4.69) is 146 Å². The summed E-state index contributed by atoms with van der Waals surface area (Å²) in [5.74, 6) is 2.68. The van der Waals surface area contributed by atoms with Gasteiger partial charge in [0, 0.05) is 7.11 Å². The van der Waals surface area contributed by atoms with Gasteiger partial charge in [0.05, 0.1) is 5.85 Å². The lowest BCUT2D eigenvalue weighted by Crippen LogP contribution is -2.33. The molecular weight excluding hydrogens is 582 g/mol. The molecule has 0 radical (unpaired) electrons. The average molecular weight is 627 g/mol. The van der Waals surface area contributed by atoms with Gasteiger partial charge in [-0.1, -0.05) is 171 Å². The first-order valence-corrected chi connectivity index (χ1v) is 19.5. The molecule has 3 unspecified atom stereocenters. The van der Waals surface area contributed by atoms with Crippen molar-refractivity contribution in [1.29, 1.82) is 0 Å². The number of methoxy groups -OCH3 is 1. The molecule has 2 fully saturated rings. The van der Waals surface area contributed by atoms with Gasteiger partial charge in [-0.25, -0.2) is 0 Å². The molecule has 0 saturated heterocycles. The fourth-order valence-corrected chi connectivity index (χ4v) is 13.6. The second-order valence-corrected chi connectivity index (χ2v) is 17.2. The van der Waals surface area contributed by atoms with Crippen molar-refractivity contribution in [3.8, 4) is 0 Å². The first-order valence-electron chi connectivity index (χ1n) is 16.7. The van der Waals surface area contributed by atoms with Gasteiger partial charge >= 0.3 is 0 Å². The zero-order chi connectivity index (χ0) is 30.4. The van der Waals surface area contributed by atoms with Crippen molar-refractivity contribution in [1.82, 2.24) is 0 Å². The van der Waals surface area contributed by atoms with Crippen LogP contribution in [-0.4, -0.2) is 13.0 Å². The summed E-state index contributed by atoms with van der Waals surface area (Å²) in [6.45, 7) is 0. The van der Waals surface area contributed by atoms with Crippen LogP contribution in [0.1, 0.15) is 50.0 Å². The Labute approximate surface area is 272 Å². The van der Waals surface area contributed by atoms with Crippen LogP contribution in [0.5, 0.6) is 0 Å². The minimum atomic E-state index is -0.703. The Kier molecular flexibility index (Phi) is 9.89. The molecule has 0 aliphatic heterocycles. The number of benzene rings is 5. The molecule has 45 heavy (non-hydrogen) atoms. The van der Waals surface area contributed by atoms with E-state index in [1.807, 2.05) is 7.11 Å². The van der Waals surface area contributed by atoms with E-state index in [-0.39, 0.29) is 5.85 Å². The SMILES string of the molecule is COC(C1CC(C2CCCC2)C[C@@H]1c1ccccc1P(c1ccccc1)c1ccccc1)P(c1ccccc1)c1ccccc1. The molecule has 3 heteroatoms. The predicted molar refractivity (Wildman–Crippen MR) is 196 cm³/mol. The normalized spacial score (nSPS) is 21.0. The second-order valence-electron chi connectivity index (χ2n) is 12.8. The fourth-order valence-electron chi connectivity index (χ4n) is 8.28. The lowest BCUT2D eigenvalue weighted by Gasteiger charge is -2.36. The van der Waals surface area contributed by atoms with Gasteiger partial charge in [0.25, 0.3) is 0 Å². The third kappa shape index (κ3) is 6.60. The molecule has 0 spiro atoms. The standard InChI is InChI=1S/C42H44OP2/c1-43-42(45(36-24-10-4-11-25-36)37-26-12-5-13-27-37)40-31-33(32-18-14-15-19-32)30-39(40)38-28-16-17-29-41(38)44(34-20-6-2-7-21-34)35-22-8-3-9-23-35/h2-13,16-17,20-29,32-33,39-40,42H,14-15,18-19,30-31H2,1H3/t33?,39-,40?,42?/m1/s1. The van der Waals surface area contributed by atoms with Crippen LogP contribution in [0.15, 0.2) is 146 Å². The summed E-state index contributed by atoms with van der Waals surface area (Å²) in [7, 11) is 0.593. The second kappa shape index (κ2) is 14.6. The van der Waals surface area contributed by atoms with Gasteiger partial charge in [0.2, 0.25) is 0 Å². The van der Waals surface area contributed by atoms with Crippen LogP contribution >= 0.6 is 15.8 Å². The minimum absolute atomic E-state index is 0.147. The number of hydrogen-bond acceptors (Lipinski definition) is 1. The van der Waals surface area contributed by atoms with Gasteiger partial charge in [-0.15, -0.1) is 0 Å². The van der Waals surface area contributed by atoms with Crippen molar-refractivity contribution >= 4 is 42.4 Å². The summed E-state index contributed by atoms with van der Waals surface area (Å²) in [4.78, 5) is 0. The van der Waals surface area contributed by atoms with Crippen LogP contribution in [-0.2, 0) is 4.74 Å². The molecular formula is C42H44OP2. The third-order valence-corrected chi connectivity index (χ3v) is 15.6. The molecule has 4 atom stereocenters. The Morgan fingerprint density at radius 2 is 1.00 bits per heavy atom. The molecule has 228 valence electrons. The van der Waals surface area contributed by atoms with Gasteiger partial charge < -0.3 is 4.74 Å². The summed E-state index contributed by atoms with van der Waals surface area (Å²) in [5, 5.41) is 7.19. The summed E-state index contributed by atoms with van der Waals surface area (Å²) in [6.07, 6.45) is 8.12. The van der Waals surface area contributed by atoms with Crippen LogP contribution < -0.4 is 26.5 Å². The Morgan fingerprint density at radius 1 is 0.533 bits per heavy atom. The van der Waals surface area contributed by atoms with Gasteiger partial charge in [0.1, 0.15) is 0 Å². The molecule has 2 aliphatic rings. The van der Waals surface area contributed by atoms with Gasteiger partial charge in [0.15, 0.2) is 0 Å². The highest BCUT2D eigenvalue weighted by Gasteiger charge is 2.46. The monoisotopic (exact) mass is 626 g/mol. The van der Waals surface area contributed by atoms with E-state index < -0.39 is 15.8 Å². The number of rotatable bonds is 10. The molecule has 0 N–H and O–H groups in total. The lowest BCUT2D eigenvalue weighted by atomic mass is 9.87. The van der Waals surface area contributed by atoms with E-state index in [0.29, 0.717) is 11.8 Å². The van der Waals surface area contributed by atoms with E-state index in [1.165, 1.54) is 65.0 Å². The van der Waals surface area contributed by atoms with E-state index in [4.69, 9.17) is 4.74 Å². The Balaban J connectivity index is 1.36. The van der Waals surface area contributed by atoms with Crippen molar-refractivity contribution in [2.45, 2.75) is 50.3 Å². The molecule has 1 nitrogen and oxygen atoms in total. The first-order chi connectivity index (χ1) is 22.3. The molecule has 0 bridgehead atoms. The van der Waals surface area contributed by atoms with Crippen molar-refractivity contribution in [2.75, 3.05) is 7.11 Å². The van der Waals surface area contributed by atoms with E-state index in [0.717, 1.165) is 11.8 Å². The summed E-state index contributed by atoms with van der Waals surface area (Å²) < 4.78 is 6.77. The van der Waals surface area contributed by atoms with Crippen molar-refractivity contribution in [2.24, 2.45) is 17.8 Å². The molecule has 2 saturated carbocycles. The number of ether oxygens (including phenoxy) is 1. The summed E-state index contributed by atoms with van der Waals surface area (Å²) >= 11 is 0. The van der Waals surface area contributed by atoms with Gasteiger partial charge in [-0.2, -0.15) is 0 Å². The Hall–Kier alpha value is -3.08. The molecule has 0 heterocycles. The zero-order valence-corrected chi connectivity index (χ0v) is 28.1. The molecule has 2 aliphatic carbocycles. The van der Waals surface area contributed by atoms with Crippen LogP contribution in [0.3, 0.4) is 0 Å². The van der Waals surface area contributed by atoms with Crippen LogP contribution in [0.25, 0.3) is 0 Å². The topological polar surface area (TPSA) is 9.23 Å². The first kappa shape index (κ1) is 30.6. The van der Waals surface area contributed by atoms with Gasteiger partial charge in [-0.3, -0.25) is 0 Å². The molecule has 0 aromatic heterocycles. The van der Waals surface area contributed by atoms with Crippen LogP contribution in [0.2, 0.25) is 0 Å². The van der Waals surface area contributed by atoms with E-state index >= 15 is 0 Å². The maximum absolute atomic E-state index is 6.77. The fraction of sp³-hybridized carbons (Fsp3) is 0.286. The van der Waals surface area contributed by atoms with Crippen molar-refractivity contribution in [3.05, 3.63) is 151 Å². The molecule has 0 amide bonds. The summed E-state index contributed by atoms with van der Waals surface area (Å²) in [5.41, 5.74) is 1.56. The smallest absolute Gasteiger partial charge is 0.0878 e. The predicted octanol–water partition coefficient (Wildman–Crippen LogP) is 8.85. The average Bonchev–Trinajstić information content (AvgIpc) is 3.81. The molecule has 5 aromatic carbocycles. The van der Waals surface area contributed by atoms with Crippen LogP contribution in [0.4, 0.5) is 0 Å². The third-order valence-electron chi connectivity index (χ3n) is 10.3. The van der Waals surface area contributed by atoms with E-state index in [1.54, 1.807) is 5.56 Å². The Morgan fingerprint density at radius 3 is 1.51 bits per heavy atom. The van der Waals surface area contributed by atoms with E-state index in [9.17, 15) is 0 Å². The quantitative estimate of drug-likeness (QED) is 0.141. The molecule has 5 aromatic rings. The largest absolute Gasteiger partial charge is 0.376 e. The van der Waals surface area contributed by atoms with Crippen molar-refractivity contribution < 1.29 is 4.74 Å². The van der Waals surface area contributed by atoms with Gasteiger partial charge in [-0.05, 0) is 84.4 Å². The minimum Gasteiger partial charge on any atom is -0.376 e. The highest BCUT2D eigenvalue weighted by molar-refractivity contribution is 7.80. The maximum atomic E-state index is 6.77.